The molecule has 1 heterocycles. The van der Waals surface area contributed by atoms with Crippen LogP contribution in [-0.4, -0.2) is 29.8 Å². The third-order valence-corrected chi connectivity index (χ3v) is 4.05. The van der Waals surface area contributed by atoms with Crippen molar-refractivity contribution in [3.63, 3.8) is 0 Å². The van der Waals surface area contributed by atoms with Crippen LogP contribution in [-0.2, 0) is 4.79 Å². The monoisotopic (exact) mass is 376 g/mol. The molecule has 3 aromatic rings. The Balaban J connectivity index is 2.08. The van der Waals surface area contributed by atoms with Gasteiger partial charge in [0.05, 0.1) is 7.11 Å². The van der Waals surface area contributed by atoms with Gasteiger partial charge in [-0.25, -0.2) is 4.79 Å². The third kappa shape index (κ3) is 4.02. The number of hydrogen-bond acceptors (Lipinski definition) is 5. The molecule has 0 fully saturated rings. The minimum Gasteiger partial charge on any atom is -0.497 e. The van der Waals surface area contributed by atoms with Crippen LogP contribution in [0, 0.1) is 11.3 Å². The summed E-state index contributed by atoms with van der Waals surface area (Å²) in [5.41, 5.74) is 1.74. The van der Waals surface area contributed by atoms with Crippen molar-refractivity contribution in [3.05, 3.63) is 70.5 Å². The predicted molar refractivity (Wildman–Crippen MR) is 102 cm³/mol. The number of pyridine rings is 1. The lowest BCUT2D eigenvalue weighted by molar-refractivity contribution is -0.139. The fourth-order valence-electron chi connectivity index (χ4n) is 2.72. The summed E-state index contributed by atoms with van der Waals surface area (Å²) in [6.07, 6.45) is 0. The number of benzene rings is 2. The number of nitrogens with zero attached hydrogens (tertiary/aromatic N) is 1. The van der Waals surface area contributed by atoms with Crippen molar-refractivity contribution in [2.45, 2.75) is 0 Å². The van der Waals surface area contributed by atoms with E-state index in [1.807, 2.05) is 6.07 Å². The number of aromatic amines is 1. The molecule has 7 nitrogen and oxygen atoms in total. The average molecular weight is 376 g/mol. The number of nitriles is 1. The van der Waals surface area contributed by atoms with Crippen LogP contribution in [0.1, 0.15) is 5.56 Å². The number of carboxylic acid groups (broad SMARTS) is 1. The van der Waals surface area contributed by atoms with Crippen LogP contribution in [0.15, 0.2) is 59.4 Å². The number of aliphatic carboxylic acids is 1. The lowest BCUT2D eigenvalue weighted by atomic mass is 9.99. The second-order valence-corrected chi connectivity index (χ2v) is 5.85. The first-order valence-corrected chi connectivity index (χ1v) is 8.28. The summed E-state index contributed by atoms with van der Waals surface area (Å²) in [5, 5.41) is 18.2. The van der Waals surface area contributed by atoms with Gasteiger partial charge in [0.25, 0.3) is 5.56 Å². The Morgan fingerprint density at radius 2 is 1.86 bits per heavy atom. The van der Waals surface area contributed by atoms with Gasteiger partial charge in [0.1, 0.15) is 23.1 Å². The number of rotatable bonds is 6. The maximum atomic E-state index is 12.4. The van der Waals surface area contributed by atoms with Gasteiger partial charge in [-0.1, -0.05) is 12.1 Å². The zero-order valence-corrected chi connectivity index (χ0v) is 14.9. The summed E-state index contributed by atoms with van der Waals surface area (Å²) in [5.74, 6) is -0.0839. The van der Waals surface area contributed by atoms with Crippen molar-refractivity contribution in [2.75, 3.05) is 13.7 Å². The van der Waals surface area contributed by atoms with Crippen LogP contribution >= 0.6 is 0 Å². The highest BCUT2D eigenvalue weighted by Crippen LogP contribution is 2.29. The maximum Gasteiger partial charge on any atom is 0.341 e. The molecule has 0 atom stereocenters. The molecule has 0 bridgehead atoms. The SMILES string of the molecule is COc1ccc(-c2cc(-c3cccc(OCC(=O)O)c3)c(C#N)c(=O)[nH]2)cc1. The molecule has 28 heavy (non-hydrogen) atoms. The van der Waals surface area contributed by atoms with Gasteiger partial charge in [0, 0.05) is 11.3 Å². The minimum atomic E-state index is -1.10. The Morgan fingerprint density at radius 1 is 1.11 bits per heavy atom. The van der Waals surface area contributed by atoms with Crippen LogP contribution in [0.4, 0.5) is 0 Å². The van der Waals surface area contributed by atoms with Gasteiger partial charge in [-0.3, -0.25) is 4.79 Å². The predicted octanol–water partition coefficient (Wildman–Crippen LogP) is 3.05. The number of hydrogen-bond donors (Lipinski definition) is 2. The molecule has 0 amide bonds. The van der Waals surface area contributed by atoms with Gasteiger partial charge < -0.3 is 19.6 Å². The Kier molecular flexibility index (Phi) is 5.42. The Hall–Kier alpha value is -4.05. The molecular formula is C21H16N2O5. The number of ether oxygens (including phenoxy) is 2. The van der Waals surface area contributed by atoms with Crippen molar-refractivity contribution < 1.29 is 19.4 Å². The molecule has 0 saturated carbocycles. The molecule has 0 aliphatic rings. The van der Waals surface area contributed by atoms with E-state index >= 15 is 0 Å². The third-order valence-electron chi connectivity index (χ3n) is 4.05. The quantitative estimate of drug-likeness (QED) is 0.684. The smallest absolute Gasteiger partial charge is 0.341 e. The van der Waals surface area contributed by atoms with Crippen molar-refractivity contribution in [2.24, 2.45) is 0 Å². The molecule has 3 rings (SSSR count). The van der Waals surface area contributed by atoms with E-state index in [2.05, 4.69) is 4.98 Å². The van der Waals surface area contributed by atoms with Crippen LogP contribution in [0.3, 0.4) is 0 Å². The van der Waals surface area contributed by atoms with Crippen molar-refractivity contribution in [1.82, 2.24) is 4.98 Å². The minimum absolute atomic E-state index is 0.0346. The van der Waals surface area contributed by atoms with E-state index in [9.17, 15) is 14.9 Å². The molecule has 2 N–H and O–H groups in total. The molecule has 1 aromatic heterocycles. The highest BCUT2D eigenvalue weighted by molar-refractivity contribution is 5.76. The zero-order chi connectivity index (χ0) is 20.1. The van der Waals surface area contributed by atoms with Gasteiger partial charge >= 0.3 is 5.97 Å². The molecule has 0 radical (unpaired) electrons. The summed E-state index contributed by atoms with van der Waals surface area (Å²) in [4.78, 5) is 25.9. The summed E-state index contributed by atoms with van der Waals surface area (Å²) < 4.78 is 10.3. The van der Waals surface area contributed by atoms with Crippen LogP contribution < -0.4 is 15.0 Å². The van der Waals surface area contributed by atoms with Gasteiger partial charge in [0.15, 0.2) is 6.61 Å². The first-order chi connectivity index (χ1) is 13.5. The van der Waals surface area contributed by atoms with Crippen molar-refractivity contribution in [1.29, 1.82) is 5.26 Å². The van der Waals surface area contributed by atoms with E-state index in [0.29, 0.717) is 28.3 Å². The molecule has 2 aromatic carbocycles. The molecule has 0 unspecified atom stereocenters. The number of carbonyl (C=O) groups is 1. The fraction of sp³-hybridized carbons (Fsp3) is 0.0952. The summed E-state index contributed by atoms with van der Waals surface area (Å²) in [7, 11) is 1.57. The van der Waals surface area contributed by atoms with Crippen LogP contribution in [0.2, 0.25) is 0 Å². The number of carboxylic acids is 1. The number of aromatic nitrogens is 1. The highest BCUT2D eigenvalue weighted by atomic mass is 16.5. The molecule has 0 spiro atoms. The number of H-pyrrole nitrogens is 1. The van der Waals surface area contributed by atoms with E-state index in [4.69, 9.17) is 14.6 Å². The summed E-state index contributed by atoms with van der Waals surface area (Å²) in [6, 6.07) is 17.4. The van der Waals surface area contributed by atoms with Gasteiger partial charge in [-0.15, -0.1) is 0 Å². The van der Waals surface area contributed by atoms with Gasteiger partial charge in [-0.2, -0.15) is 5.26 Å². The lowest BCUT2D eigenvalue weighted by Gasteiger charge is -2.10. The van der Waals surface area contributed by atoms with Crippen LogP contribution in [0.25, 0.3) is 22.4 Å². The largest absolute Gasteiger partial charge is 0.497 e. The second kappa shape index (κ2) is 8.10. The van der Waals surface area contributed by atoms with E-state index in [1.165, 1.54) is 0 Å². The fourth-order valence-corrected chi connectivity index (χ4v) is 2.72. The van der Waals surface area contributed by atoms with Gasteiger partial charge in [0.2, 0.25) is 0 Å². The first-order valence-electron chi connectivity index (χ1n) is 8.28. The Labute approximate surface area is 160 Å². The summed E-state index contributed by atoms with van der Waals surface area (Å²) >= 11 is 0. The molecular weight excluding hydrogens is 360 g/mol. The van der Waals surface area contributed by atoms with Crippen molar-refractivity contribution in [3.8, 4) is 40.0 Å². The van der Waals surface area contributed by atoms with E-state index in [-0.39, 0.29) is 5.56 Å². The topological polar surface area (TPSA) is 112 Å². The molecule has 0 aliphatic heterocycles. The maximum absolute atomic E-state index is 12.4. The van der Waals surface area contributed by atoms with Crippen molar-refractivity contribution >= 4 is 5.97 Å². The zero-order valence-electron chi connectivity index (χ0n) is 14.9. The van der Waals surface area contributed by atoms with E-state index in [0.717, 1.165) is 5.56 Å². The van der Waals surface area contributed by atoms with E-state index in [1.54, 1.807) is 61.7 Å². The lowest BCUT2D eigenvalue weighted by Crippen LogP contribution is -2.13. The van der Waals surface area contributed by atoms with Gasteiger partial charge in [-0.05, 0) is 53.6 Å². The second-order valence-electron chi connectivity index (χ2n) is 5.85. The first kappa shape index (κ1) is 18.7. The standard InChI is InChI=1S/C21H16N2O5/c1-27-15-7-5-13(6-8-15)19-10-17(18(11-22)21(26)23-19)14-3-2-4-16(9-14)28-12-20(24)25/h2-10H,12H2,1H3,(H,23,26)(H,24,25). The molecule has 140 valence electrons. The molecule has 0 aliphatic carbocycles. The number of nitrogens with one attached hydrogen (secondary N) is 1. The average Bonchev–Trinajstić information content (AvgIpc) is 2.72. The molecule has 0 saturated heterocycles. The Bertz CT molecular complexity index is 1110. The molecule has 7 heteroatoms. The van der Waals surface area contributed by atoms with E-state index < -0.39 is 18.1 Å². The normalized spacial score (nSPS) is 10.1. The van der Waals surface area contributed by atoms with Crippen LogP contribution in [0.5, 0.6) is 11.5 Å². The number of methoxy groups -OCH3 is 1. The summed E-state index contributed by atoms with van der Waals surface area (Å²) in [6.45, 7) is -0.485. The highest BCUT2D eigenvalue weighted by Gasteiger charge is 2.13. The Morgan fingerprint density at radius 3 is 2.50 bits per heavy atom.